The quantitative estimate of drug-likeness (QED) is 0.382. The van der Waals surface area contributed by atoms with Crippen molar-refractivity contribution in [1.29, 1.82) is 0 Å². The Labute approximate surface area is 150 Å². The number of nitrogens with zero attached hydrogens (tertiary/aromatic N) is 2. The minimum Gasteiger partial charge on any atom is -0.383 e. The molecule has 0 aliphatic carbocycles. The van der Waals surface area contributed by atoms with Gasteiger partial charge in [-0.2, -0.15) is 0 Å². The van der Waals surface area contributed by atoms with Gasteiger partial charge >= 0.3 is 0 Å². The Hall–Kier alpha value is -0.830. The Morgan fingerprint density at radius 1 is 1.41 bits per heavy atom. The highest BCUT2D eigenvalue weighted by molar-refractivity contribution is 14.0. The summed E-state index contributed by atoms with van der Waals surface area (Å²) < 4.78 is 10.5. The zero-order chi connectivity index (χ0) is 15.7. The maximum Gasteiger partial charge on any atom is 0.191 e. The van der Waals surface area contributed by atoms with Crippen LogP contribution in [-0.4, -0.2) is 37.9 Å². The minimum atomic E-state index is 0. The molecule has 0 saturated heterocycles. The average Bonchev–Trinajstić information content (AvgIpc) is 2.94. The topological polar surface area (TPSA) is 71.7 Å². The van der Waals surface area contributed by atoms with Crippen molar-refractivity contribution in [3.63, 3.8) is 0 Å². The smallest absolute Gasteiger partial charge is 0.191 e. The largest absolute Gasteiger partial charge is 0.383 e. The molecule has 1 aromatic heterocycles. The van der Waals surface area contributed by atoms with E-state index in [-0.39, 0.29) is 30.0 Å². The van der Waals surface area contributed by atoms with E-state index >= 15 is 0 Å². The molecule has 1 heterocycles. The predicted molar refractivity (Wildman–Crippen MR) is 99.9 cm³/mol. The molecule has 0 aliphatic rings. The van der Waals surface area contributed by atoms with Gasteiger partial charge in [-0.05, 0) is 19.8 Å². The molecule has 0 amide bonds. The van der Waals surface area contributed by atoms with E-state index in [1.165, 1.54) is 0 Å². The van der Waals surface area contributed by atoms with E-state index in [4.69, 9.17) is 9.26 Å². The van der Waals surface area contributed by atoms with E-state index in [1.807, 2.05) is 13.0 Å². The van der Waals surface area contributed by atoms with Crippen LogP contribution in [0.2, 0.25) is 0 Å². The molecule has 6 nitrogen and oxygen atoms in total. The van der Waals surface area contributed by atoms with Gasteiger partial charge in [-0.1, -0.05) is 19.0 Å². The number of aromatic nitrogens is 1. The van der Waals surface area contributed by atoms with E-state index in [1.54, 1.807) is 14.2 Å². The second kappa shape index (κ2) is 11.7. The summed E-state index contributed by atoms with van der Waals surface area (Å²) in [6.45, 7) is 7.57. The van der Waals surface area contributed by atoms with Crippen LogP contribution in [0.1, 0.15) is 51.0 Å². The number of halogens is 1. The lowest BCUT2D eigenvalue weighted by molar-refractivity contribution is 0.179. The monoisotopic (exact) mass is 424 g/mol. The van der Waals surface area contributed by atoms with Crippen molar-refractivity contribution in [3.8, 4) is 0 Å². The zero-order valence-corrected chi connectivity index (χ0v) is 16.5. The predicted octanol–water partition coefficient (Wildman–Crippen LogP) is 2.90. The van der Waals surface area contributed by atoms with Gasteiger partial charge in [0, 0.05) is 32.2 Å². The van der Waals surface area contributed by atoms with Crippen LogP contribution in [0.4, 0.5) is 0 Å². The highest BCUT2D eigenvalue weighted by Crippen LogP contribution is 2.22. The molecule has 1 aromatic rings. The van der Waals surface area contributed by atoms with Gasteiger partial charge in [-0.25, -0.2) is 0 Å². The Morgan fingerprint density at radius 3 is 2.64 bits per heavy atom. The van der Waals surface area contributed by atoms with Crippen LogP contribution in [0.5, 0.6) is 0 Å². The first-order valence-electron chi connectivity index (χ1n) is 7.56. The lowest BCUT2D eigenvalue weighted by Crippen LogP contribution is -2.43. The number of ether oxygens (including phenoxy) is 1. The number of methoxy groups -OCH3 is 1. The Bertz CT molecular complexity index is 433. The van der Waals surface area contributed by atoms with Gasteiger partial charge in [0.05, 0.1) is 18.8 Å². The molecular formula is C15H29IN4O2. The first-order chi connectivity index (χ1) is 10.1. The molecule has 22 heavy (non-hydrogen) atoms. The summed E-state index contributed by atoms with van der Waals surface area (Å²) in [6.07, 6.45) is 2.15. The molecule has 0 aliphatic heterocycles. The van der Waals surface area contributed by atoms with Crippen molar-refractivity contribution in [3.05, 3.63) is 17.5 Å². The second-order valence-electron chi connectivity index (χ2n) is 5.16. The summed E-state index contributed by atoms with van der Waals surface area (Å²) in [6, 6.07) is 2.22. The van der Waals surface area contributed by atoms with Crippen molar-refractivity contribution >= 4 is 29.9 Å². The van der Waals surface area contributed by atoms with Gasteiger partial charge in [0.25, 0.3) is 0 Å². The molecule has 0 saturated carbocycles. The van der Waals surface area contributed by atoms with Crippen molar-refractivity contribution in [2.24, 2.45) is 4.99 Å². The molecule has 128 valence electrons. The second-order valence-corrected chi connectivity index (χ2v) is 5.16. The average molecular weight is 424 g/mol. The lowest BCUT2D eigenvalue weighted by Gasteiger charge is -2.16. The summed E-state index contributed by atoms with van der Waals surface area (Å²) >= 11 is 0. The van der Waals surface area contributed by atoms with Crippen LogP contribution in [0, 0.1) is 0 Å². The minimum absolute atomic E-state index is 0. The van der Waals surface area contributed by atoms with Crippen LogP contribution in [0.3, 0.4) is 0 Å². The fourth-order valence-electron chi connectivity index (χ4n) is 2.20. The van der Waals surface area contributed by atoms with Crippen molar-refractivity contribution < 1.29 is 9.26 Å². The molecule has 1 unspecified atom stereocenters. The summed E-state index contributed by atoms with van der Waals surface area (Å²) in [5, 5.41) is 10.6. The van der Waals surface area contributed by atoms with Gasteiger partial charge < -0.3 is 19.9 Å². The third-order valence-corrected chi connectivity index (χ3v) is 3.43. The van der Waals surface area contributed by atoms with Gasteiger partial charge in [0.15, 0.2) is 11.7 Å². The fourth-order valence-corrected chi connectivity index (χ4v) is 2.20. The Morgan fingerprint density at radius 2 is 2.09 bits per heavy atom. The first kappa shape index (κ1) is 21.2. The molecule has 0 spiro atoms. The lowest BCUT2D eigenvalue weighted by atomic mass is 9.99. The molecule has 1 atom stereocenters. The van der Waals surface area contributed by atoms with Crippen LogP contribution < -0.4 is 10.6 Å². The fraction of sp³-hybridized carbons (Fsp3) is 0.733. The highest BCUT2D eigenvalue weighted by Gasteiger charge is 2.13. The normalized spacial score (nSPS) is 12.9. The molecule has 0 fully saturated rings. The van der Waals surface area contributed by atoms with E-state index in [9.17, 15) is 0 Å². The molecule has 7 heteroatoms. The van der Waals surface area contributed by atoms with Crippen molar-refractivity contribution in [2.75, 3.05) is 20.8 Å². The first-order valence-corrected chi connectivity index (χ1v) is 7.56. The zero-order valence-electron chi connectivity index (χ0n) is 14.2. The van der Waals surface area contributed by atoms with Gasteiger partial charge in [-0.3, -0.25) is 4.99 Å². The Balaban J connectivity index is 0.00000441. The summed E-state index contributed by atoms with van der Waals surface area (Å²) in [4.78, 5) is 4.18. The number of nitrogens with one attached hydrogen (secondary N) is 2. The highest BCUT2D eigenvalue weighted by atomic mass is 127. The van der Waals surface area contributed by atoms with E-state index < -0.39 is 0 Å². The molecule has 0 aromatic carbocycles. The molecule has 0 bridgehead atoms. The number of hydrogen-bond acceptors (Lipinski definition) is 4. The maximum absolute atomic E-state index is 5.38. The summed E-state index contributed by atoms with van der Waals surface area (Å²) in [7, 11) is 3.42. The number of guanidine groups is 1. The summed E-state index contributed by atoms with van der Waals surface area (Å²) in [5.41, 5.74) is 1.03. The summed E-state index contributed by atoms with van der Waals surface area (Å²) in [5.74, 6) is 2.01. The van der Waals surface area contributed by atoms with Crippen LogP contribution in [0.15, 0.2) is 15.6 Å². The van der Waals surface area contributed by atoms with Crippen LogP contribution in [-0.2, 0) is 11.3 Å². The number of rotatable bonds is 8. The van der Waals surface area contributed by atoms with E-state index in [0.29, 0.717) is 19.1 Å². The molecule has 2 N–H and O–H groups in total. The van der Waals surface area contributed by atoms with Crippen LogP contribution >= 0.6 is 24.0 Å². The maximum atomic E-state index is 5.38. The van der Waals surface area contributed by atoms with Gasteiger partial charge in [0.2, 0.25) is 0 Å². The number of aliphatic imine (C=N–C) groups is 1. The third kappa shape index (κ3) is 6.95. The molecule has 1 rings (SSSR count). The van der Waals surface area contributed by atoms with Gasteiger partial charge in [-0.15, -0.1) is 24.0 Å². The van der Waals surface area contributed by atoms with Gasteiger partial charge in [0.1, 0.15) is 0 Å². The Kier molecular flexibility index (Phi) is 11.3. The third-order valence-electron chi connectivity index (χ3n) is 3.43. The standard InChI is InChI=1S/C15H28N4O2.HI/c1-6-12(7-2)14-8-13(21-19-14)9-17-15(16-4)18-11(3)10-20-5;/h8,11-12H,6-7,9-10H2,1-5H3,(H2,16,17,18);1H. The van der Waals surface area contributed by atoms with E-state index in [2.05, 4.69) is 34.6 Å². The van der Waals surface area contributed by atoms with Crippen molar-refractivity contribution in [1.82, 2.24) is 15.8 Å². The molecular weight excluding hydrogens is 395 g/mol. The van der Waals surface area contributed by atoms with E-state index in [0.717, 1.165) is 30.3 Å². The number of hydrogen-bond donors (Lipinski definition) is 2. The van der Waals surface area contributed by atoms with Crippen molar-refractivity contribution in [2.45, 2.75) is 52.1 Å². The molecule has 0 radical (unpaired) electrons. The van der Waals surface area contributed by atoms with Crippen LogP contribution in [0.25, 0.3) is 0 Å². The SMILES string of the molecule is CCC(CC)c1cc(CNC(=NC)NC(C)COC)on1.I.